The monoisotopic (exact) mass is 1220 g/mol. The highest BCUT2D eigenvalue weighted by Gasteiger charge is 2.29. The summed E-state index contributed by atoms with van der Waals surface area (Å²) in [5, 5.41) is 3.81. The Morgan fingerprint density at radius 1 is 0.415 bits per heavy atom. The summed E-state index contributed by atoms with van der Waals surface area (Å²) in [6.45, 7) is 6.50. The fourth-order valence-corrected chi connectivity index (χ4v) is 13.3. The Balaban J connectivity index is 0.931. The Labute approximate surface area is 570 Å². The molecule has 13 aromatic carbocycles. The lowest BCUT2D eigenvalue weighted by atomic mass is 9.85. The normalized spacial score (nSPS) is 14.7. The topological polar surface area (TPSA) is 49.0 Å². The molecule has 5 heterocycles. The van der Waals surface area contributed by atoms with Gasteiger partial charge in [-0.3, -0.25) is 13.7 Å². The molecule has 0 spiro atoms. The van der Waals surface area contributed by atoms with Crippen LogP contribution in [0.15, 0.2) is 314 Å². The van der Waals surface area contributed by atoms with Crippen LogP contribution in [0.2, 0.25) is 0 Å². The lowest BCUT2D eigenvalue weighted by molar-refractivity contribution is -0.570. The van der Waals surface area contributed by atoms with E-state index in [0.29, 0.717) is 72.8 Å². The van der Waals surface area contributed by atoms with Crippen LogP contribution >= 0.6 is 0 Å². The molecule has 0 fully saturated rings. The number of aromatic nitrogens is 4. The zero-order valence-corrected chi connectivity index (χ0v) is 50.7. The third-order valence-electron chi connectivity index (χ3n) is 17.6. The number of fused-ring (bicyclic) bond motifs is 13. The van der Waals surface area contributed by atoms with Gasteiger partial charge in [0, 0.05) is 33.8 Å². The Morgan fingerprint density at radius 2 is 1.01 bits per heavy atom. The van der Waals surface area contributed by atoms with Crippen LogP contribution in [0.25, 0.3) is 161 Å². The minimum absolute atomic E-state index is 0.0503. The number of nitrogens with zero attached hydrogens (tertiary/aromatic N) is 4. The van der Waals surface area contributed by atoms with Crippen LogP contribution in [-0.4, -0.2) is 14.1 Å². The van der Waals surface area contributed by atoms with Gasteiger partial charge in [-0.05, 0) is 197 Å². The van der Waals surface area contributed by atoms with E-state index in [9.17, 15) is 15.1 Å². The molecule has 0 N–H and O–H groups in total. The van der Waals surface area contributed by atoms with Crippen molar-refractivity contribution < 1.29 is 38.4 Å². The number of pyridine rings is 1. The zero-order chi connectivity index (χ0) is 78.3. The van der Waals surface area contributed by atoms with E-state index in [2.05, 4.69) is 68.1 Å². The van der Waals surface area contributed by atoms with Crippen molar-refractivity contribution in [3.63, 3.8) is 0 Å². The summed E-state index contributed by atoms with van der Waals surface area (Å²) in [6.07, 6.45) is 5.62. The molecule has 0 radical (unpaired) electrons. The minimum Gasteiger partial charge on any atom is -0.458 e. The molecule has 4 aromatic heterocycles. The van der Waals surface area contributed by atoms with Crippen LogP contribution in [-0.2, 0) is 5.41 Å². The van der Waals surface area contributed by atoms with Crippen molar-refractivity contribution in [3.05, 3.63) is 321 Å². The number of para-hydroxylation sites is 3. The first-order valence-corrected chi connectivity index (χ1v) is 30.7. The number of benzene rings is 13. The van der Waals surface area contributed by atoms with Crippen molar-refractivity contribution >= 4 is 54.8 Å². The smallest absolute Gasteiger partial charge is 0.269 e. The van der Waals surface area contributed by atoms with Gasteiger partial charge in [0.05, 0.1) is 58.1 Å². The summed E-state index contributed by atoms with van der Waals surface area (Å²) in [5.41, 5.74) is 8.19. The molecule has 1 aliphatic rings. The molecule has 6 nitrogen and oxygen atoms in total. The molecular weight excluding hydrogens is 1140 g/mol. The van der Waals surface area contributed by atoms with Gasteiger partial charge in [-0.2, -0.15) is 0 Å². The molecule has 0 aliphatic carbocycles. The maximum absolute atomic E-state index is 10.3. The maximum atomic E-state index is 10.3. The molecule has 18 rings (SSSR count). The van der Waals surface area contributed by atoms with Gasteiger partial charge in [-0.15, -0.1) is 0 Å². The van der Waals surface area contributed by atoms with E-state index in [0.717, 1.165) is 55.1 Å². The van der Waals surface area contributed by atoms with Gasteiger partial charge < -0.3 is 9.15 Å². The number of rotatable bonds is 9. The van der Waals surface area contributed by atoms with Gasteiger partial charge in [-0.25, -0.2) is 4.98 Å². The largest absolute Gasteiger partial charge is 0.458 e. The summed E-state index contributed by atoms with van der Waals surface area (Å²) in [6, 6.07) is 48.8. The first kappa shape index (κ1) is 39.2. The van der Waals surface area contributed by atoms with Crippen molar-refractivity contribution in [1.29, 1.82) is 0 Å². The van der Waals surface area contributed by atoms with Crippen LogP contribution in [0.5, 0.6) is 11.5 Å². The van der Waals surface area contributed by atoms with Gasteiger partial charge >= 0.3 is 0 Å². The van der Waals surface area contributed by atoms with Crippen molar-refractivity contribution in [3.8, 4) is 118 Å². The van der Waals surface area contributed by atoms with E-state index in [1.165, 1.54) is 0 Å². The highest BCUT2D eigenvalue weighted by molar-refractivity contribution is 6.10. The quantitative estimate of drug-likeness (QED) is 0.107. The number of hydrogen-bond acceptors (Lipinski definition) is 3. The molecular formula is C88H60N4O2. The number of furan rings is 1. The molecule has 444 valence electrons. The zero-order valence-electron chi connectivity index (χ0n) is 68.7. The highest BCUT2D eigenvalue weighted by Crippen LogP contribution is 2.49. The highest BCUT2D eigenvalue weighted by atomic mass is 16.5. The number of imidazole rings is 1. The van der Waals surface area contributed by atoms with E-state index in [1.54, 1.807) is 36.4 Å². The van der Waals surface area contributed by atoms with Gasteiger partial charge in [-0.1, -0.05) is 221 Å². The molecule has 0 unspecified atom stereocenters. The molecule has 0 saturated heterocycles. The Bertz CT molecular complexity index is 6850. The number of hydrogen-bond donors (Lipinski definition) is 0. The fourth-order valence-electron chi connectivity index (χ4n) is 13.3. The maximum Gasteiger partial charge on any atom is 0.269 e. The minimum atomic E-state index is -0.814. The van der Waals surface area contributed by atoms with E-state index >= 15 is 0 Å². The van der Waals surface area contributed by atoms with Crippen molar-refractivity contribution in [2.75, 3.05) is 0 Å². The predicted molar refractivity (Wildman–Crippen MR) is 385 cm³/mol. The van der Waals surface area contributed by atoms with E-state index in [4.69, 9.17) is 23.7 Å². The molecule has 0 bridgehead atoms. The van der Waals surface area contributed by atoms with E-state index in [-0.39, 0.29) is 33.4 Å². The van der Waals surface area contributed by atoms with Crippen molar-refractivity contribution in [2.24, 2.45) is 0 Å². The first-order chi connectivity index (χ1) is 53.7. The second-order valence-electron chi connectivity index (χ2n) is 24.3. The standard InChI is InChI=1S/C88H60N4O2/c1-88(2,3)65-43-44-89-85(52-65)92-80-35-17-15-31-73(80)74-41-39-68(54-81(74)92)93-67-28-19-27-66(53-67)90-55-91-86-69(58-25-11-6-12-26-58)33-20-34-76(86)77-48-59(63-46-61(56-21-7-4-8-22-56)45-62(47-63)57-23-9-5-10-24-57)37-40-72(77)70-29-13-14-30-71(70)79-50-64(51-82(90)87(79)91)60-38-42-84-78(49-60)75-32-16-18-36-83(75)94-84/h4-54H,1-3H3/i4D,5D,6D,7D,8D,9D,10D,11D,12D,21D,22D,23D,24D,25D,26D,45D,46D,47D. The molecule has 1 aliphatic heterocycles. The van der Waals surface area contributed by atoms with Crippen LogP contribution in [0.1, 0.15) is 51.0 Å². The molecule has 6 heteroatoms. The Morgan fingerprint density at radius 3 is 1.78 bits per heavy atom. The molecule has 0 amide bonds. The second kappa shape index (κ2) is 21.8. The lowest BCUT2D eigenvalue weighted by Gasteiger charge is -2.20. The van der Waals surface area contributed by atoms with Crippen molar-refractivity contribution in [2.45, 2.75) is 26.2 Å². The summed E-state index contributed by atoms with van der Waals surface area (Å²) in [4.78, 5) is 4.91. The van der Waals surface area contributed by atoms with Crippen LogP contribution in [0.4, 0.5) is 0 Å². The predicted octanol–water partition coefficient (Wildman–Crippen LogP) is 22.8. The van der Waals surface area contributed by atoms with E-state index < -0.39 is 131 Å². The molecule has 0 atom stereocenters. The van der Waals surface area contributed by atoms with Gasteiger partial charge in [0.2, 0.25) is 0 Å². The Kier molecular flexibility index (Phi) is 9.09. The van der Waals surface area contributed by atoms with Gasteiger partial charge in [0.15, 0.2) is 0 Å². The molecule has 94 heavy (non-hydrogen) atoms. The molecule has 0 saturated carbocycles. The average molecular weight is 1220 g/mol. The van der Waals surface area contributed by atoms with Crippen LogP contribution in [0, 0.1) is 6.33 Å². The summed E-state index contributed by atoms with van der Waals surface area (Å²) in [5.74, 6) is 1.72. The summed E-state index contributed by atoms with van der Waals surface area (Å²) < 4.78 is 186. The van der Waals surface area contributed by atoms with Gasteiger partial charge in [0.25, 0.3) is 6.33 Å². The summed E-state index contributed by atoms with van der Waals surface area (Å²) >= 11 is 0. The third kappa shape index (κ3) is 9.24. The van der Waals surface area contributed by atoms with Crippen LogP contribution in [0.3, 0.4) is 0 Å². The van der Waals surface area contributed by atoms with Gasteiger partial charge in [0.1, 0.15) is 28.5 Å². The number of ether oxygens (including phenoxy) is 1. The van der Waals surface area contributed by atoms with E-state index in [1.807, 2.05) is 137 Å². The first-order valence-electron chi connectivity index (χ1n) is 39.7. The summed E-state index contributed by atoms with van der Waals surface area (Å²) in [7, 11) is 0. The third-order valence-corrected chi connectivity index (χ3v) is 17.6. The molecule has 17 aromatic rings. The SMILES string of the molecule is [2H]c1c([2H])c([2H])c(-c2cccc3c2-[n+]2[c-]n(-c4cccc(Oc5ccc6c7ccccc7n(-c7cc(C(C)(C)C)ccn7)c6c5)c4)c4cc(-c5ccc6oc7ccccc7c6c5)cc(c42)-c2ccccc2-c2ccc(-c4c([2H])c(-c5c([2H])c([2H])c([2H])c([2H])c5[2H])c([2H])c(-c5c([2H])c([2H])c([2H])c([2H])c5[2H])c4[2H])cc2-3)c([2H])c1[2H]. The lowest BCUT2D eigenvalue weighted by Crippen LogP contribution is -2.32. The Hall–Kier alpha value is -12.1. The van der Waals surface area contributed by atoms with Crippen molar-refractivity contribution in [1.82, 2.24) is 14.1 Å². The van der Waals surface area contributed by atoms with Crippen LogP contribution < -0.4 is 9.30 Å². The second-order valence-corrected chi connectivity index (χ2v) is 24.3. The average Bonchev–Trinajstić information content (AvgIpc) is 1.40. The fraction of sp³-hybridized carbons (Fsp3) is 0.0455.